The molecule has 0 aliphatic carbocycles. The maximum Gasteiger partial charge on any atom is 0.339 e. The van der Waals surface area contributed by atoms with Gasteiger partial charge in [0, 0.05) is 5.56 Å². The first-order valence-electron chi connectivity index (χ1n) is 9.66. The molecule has 0 bridgehead atoms. The Bertz CT molecular complexity index is 1080. The second-order valence-electron chi connectivity index (χ2n) is 7.02. The van der Waals surface area contributed by atoms with Gasteiger partial charge in [0.2, 0.25) is 5.78 Å². The van der Waals surface area contributed by atoms with E-state index in [1.165, 1.54) is 0 Å². The van der Waals surface area contributed by atoms with Crippen LogP contribution in [0.4, 0.5) is 0 Å². The van der Waals surface area contributed by atoms with E-state index >= 15 is 0 Å². The minimum Gasteiger partial charge on any atom is -0.497 e. The third kappa shape index (κ3) is 5.23. The summed E-state index contributed by atoms with van der Waals surface area (Å²) in [5.41, 5.74) is 4.30. The van der Waals surface area contributed by atoms with E-state index in [9.17, 15) is 9.59 Å². The molecule has 152 valence electrons. The summed E-state index contributed by atoms with van der Waals surface area (Å²) in [6.07, 6.45) is 1.74. The summed E-state index contributed by atoms with van der Waals surface area (Å²) in [6, 6.07) is 22.3. The first kappa shape index (κ1) is 21.1. The van der Waals surface area contributed by atoms with Gasteiger partial charge < -0.3 is 9.47 Å². The highest BCUT2D eigenvalue weighted by molar-refractivity contribution is 6.22. The van der Waals surface area contributed by atoms with Crippen molar-refractivity contribution < 1.29 is 19.1 Å². The summed E-state index contributed by atoms with van der Waals surface area (Å²) < 4.78 is 10.7. The van der Waals surface area contributed by atoms with Crippen LogP contribution in [0.5, 0.6) is 5.75 Å². The monoisotopic (exact) mass is 400 g/mol. The van der Waals surface area contributed by atoms with Gasteiger partial charge in [-0.25, -0.2) is 4.79 Å². The third-order valence-electron chi connectivity index (χ3n) is 4.74. The molecule has 0 saturated heterocycles. The first-order chi connectivity index (χ1) is 14.5. The van der Waals surface area contributed by atoms with Crippen LogP contribution in [-0.2, 0) is 9.53 Å². The van der Waals surface area contributed by atoms with Crippen LogP contribution in [0.15, 0.2) is 72.8 Å². The van der Waals surface area contributed by atoms with E-state index in [0.717, 1.165) is 16.7 Å². The van der Waals surface area contributed by atoms with E-state index in [1.807, 2.05) is 86.6 Å². The number of Topliss-reactive ketones (excluding diaryl/α,β-unsaturated/α-hetero) is 1. The molecule has 0 saturated carbocycles. The van der Waals surface area contributed by atoms with Crippen molar-refractivity contribution >= 4 is 23.4 Å². The van der Waals surface area contributed by atoms with Gasteiger partial charge in [0.25, 0.3) is 0 Å². The molecule has 0 aliphatic rings. The Morgan fingerprint density at radius 1 is 0.900 bits per heavy atom. The van der Waals surface area contributed by atoms with Gasteiger partial charge in [-0.2, -0.15) is 0 Å². The highest BCUT2D eigenvalue weighted by Crippen LogP contribution is 2.22. The minimum absolute atomic E-state index is 0.224. The second kappa shape index (κ2) is 9.70. The predicted octanol–water partition coefficient (Wildman–Crippen LogP) is 5.28. The highest BCUT2D eigenvalue weighted by Gasteiger charge is 2.17. The fraction of sp³-hybridized carbons (Fsp3) is 0.154. The number of ether oxygens (including phenoxy) is 2. The maximum atomic E-state index is 12.9. The summed E-state index contributed by atoms with van der Waals surface area (Å²) in [4.78, 5) is 25.5. The Balaban J connectivity index is 1.85. The molecular weight excluding hydrogens is 376 g/mol. The molecule has 0 N–H and O–H groups in total. The van der Waals surface area contributed by atoms with Crippen molar-refractivity contribution in [3.8, 4) is 5.75 Å². The summed E-state index contributed by atoms with van der Waals surface area (Å²) >= 11 is 0. The number of carbonyl (C=O) groups is 2. The average molecular weight is 400 g/mol. The van der Waals surface area contributed by atoms with Crippen LogP contribution in [0, 0.1) is 13.8 Å². The molecule has 3 aromatic carbocycles. The van der Waals surface area contributed by atoms with Crippen molar-refractivity contribution in [2.45, 2.75) is 13.8 Å². The molecule has 0 aromatic heterocycles. The van der Waals surface area contributed by atoms with Crippen LogP contribution >= 0.6 is 0 Å². The zero-order valence-corrected chi connectivity index (χ0v) is 17.3. The molecule has 3 rings (SSSR count). The van der Waals surface area contributed by atoms with E-state index in [2.05, 4.69) is 0 Å². The highest BCUT2D eigenvalue weighted by atomic mass is 16.5. The maximum absolute atomic E-state index is 12.9. The molecule has 4 heteroatoms. The Morgan fingerprint density at radius 2 is 1.67 bits per heavy atom. The summed E-state index contributed by atoms with van der Waals surface area (Å²) in [5, 5.41) is 0. The average Bonchev–Trinajstić information content (AvgIpc) is 2.78. The Kier molecular flexibility index (Phi) is 6.81. The smallest absolute Gasteiger partial charge is 0.339 e. The number of aryl methyl sites for hydroxylation is 2. The summed E-state index contributed by atoms with van der Waals surface area (Å²) in [6.45, 7) is 3.48. The standard InChI is InChI=1S/C26H24O4/c1-18-12-13-19(2)23(14-18)25(27)17-30-26(28)24(21-9-5-4-6-10-21)16-20-8-7-11-22(15-20)29-3/h4-16H,17H2,1-3H3/b24-16+. The third-order valence-corrected chi connectivity index (χ3v) is 4.74. The lowest BCUT2D eigenvalue weighted by Gasteiger charge is -2.10. The number of rotatable bonds is 7. The number of ketones is 1. The van der Waals surface area contributed by atoms with Crippen LogP contribution in [0.1, 0.15) is 32.6 Å². The number of hydrogen-bond acceptors (Lipinski definition) is 4. The molecule has 0 aliphatic heterocycles. The fourth-order valence-electron chi connectivity index (χ4n) is 3.10. The van der Waals surface area contributed by atoms with E-state index in [1.54, 1.807) is 13.2 Å². The van der Waals surface area contributed by atoms with Crippen molar-refractivity contribution in [1.29, 1.82) is 0 Å². The zero-order valence-electron chi connectivity index (χ0n) is 17.3. The first-order valence-corrected chi connectivity index (χ1v) is 9.66. The lowest BCUT2D eigenvalue weighted by Crippen LogP contribution is -2.16. The number of carbonyl (C=O) groups excluding carboxylic acids is 2. The molecule has 0 fully saturated rings. The Morgan fingerprint density at radius 3 is 2.40 bits per heavy atom. The normalized spacial score (nSPS) is 11.1. The van der Waals surface area contributed by atoms with Crippen LogP contribution < -0.4 is 4.74 Å². The lowest BCUT2D eigenvalue weighted by molar-refractivity contribution is -0.135. The van der Waals surface area contributed by atoms with Gasteiger partial charge in [0.1, 0.15) is 5.75 Å². The molecule has 4 nitrogen and oxygen atoms in total. The van der Waals surface area contributed by atoms with E-state index in [4.69, 9.17) is 9.47 Å². The quantitative estimate of drug-likeness (QED) is 0.234. The van der Waals surface area contributed by atoms with Gasteiger partial charge in [-0.05, 0) is 54.8 Å². The number of hydrogen-bond donors (Lipinski definition) is 0. The van der Waals surface area contributed by atoms with Crippen LogP contribution in [0.3, 0.4) is 0 Å². The Hall–Kier alpha value is -3.66. The Labute approximate surface area is 176 Å². The van der Waals surface area contributed by atoms with E-state index in [0.29, 0.717) is 22.4 Å². The van der Waals surface area contributed by atoms with Gasteiger partial charge in [0.05, 0.1) is 12.7 Å². The second-order valence-corrected chi connectivity index (χ2v) is 7.02. The molecular formula is C26H24O4. The van der Waals surface area contributed by atoms with Crippen LogP contribution in [0.2, 0.25) is 0 Å². The van der Waals surface area contributed by atoms with Crippen molar-refractivity contribution in [1.82, 2.24) is 0 Å². The molecule has 30 heavy (non-hydrogen) atoms. The van der Waals surface area contributed by atoms with E-state index < -0.39 is 5.97 Å². The van der Waals surface area contributed by atoms with Crippen molar-refractivity contribution in [3.63, 3.8) is 0 Å². The van der Waals surface area contributed by atoms with Crippen molar-refractivity contribution in [2.75, 3.05) is 13.7 Å². The topological polar surface area (TPSA) is 52.6 Å². The molecule has 0 unspecified atom stereocenters. The summed E-state index contributed by atoms with van der Waals surface area (Å²) in [7, 11) is 1.59. The van der Waals surface area contributed by atoms with Crippen molar-refractivity contribution in [2.24, 2.45) is 0 Å². The predicted molar refractivity (Wildman–Crippen MR) is 119 cm³/mol. The van der Waals surface area contributed by atoms with Gasteiger partial charge >= 0.3 is 5.97 Å². The van der Waals surface area contributed by atoms with Crippen LogP contribution in [-0.4, -0.2) is 25.5 Å². The van der Waals surface area contributed by atoms with Gasteiger partial charge in [-0.1, -0.05) is 60.2 Å². The SMILES string of the molecule is COc1cccc(/C=C(/C(=O)OCC(=O)c2cc(C)ccc2C)c2ccccc2)c1. The minimum atomic E-state index is -0.553. The zero-order chi connectivity index (χ0) is 21.5. The van der Waals surface area contributed by atoms with Crippen LogP contribution in [0.25, 0.3) is 11.6 Å². The molecule has 0 radical (unpaired) electrons. The largest absolute Gasteiger partial charge is 0.497 e. The van der Waals surface area contributed by atoms with E-state index in [-0.39, 0.29) is 12.4 Å². The molecule has 3 aromatic rings. The van der Waals surface area contributed by atoms with Crippen molar-refractivity contribution in [3.05, 3.63) is 101 Å². The molecule has 0 spiro atoms. The van der Waals surface area contributed by atoms with Gasteiger partial charge in [-0.15, -0.1) is 0 Å². The molecule has 0 atom stereocenters. The lowest BCUT2D eigenvalue weighted by atomic mass is 10.0. The van der Waals surface area contributed by atoms with Gasteiger partial charge in [-0.3, -0.25) is 4.79 Å². The molecule has 0 amide bonds. The number of esters is 1. The van der Waals surface area contributed by atoms with Gasteiger partial charge in [0.15, 0.2) is 6.61 Å². The summed E-state index contributed by atoms with van der Waals surface area (Å²) in [5.74, 6) is -0.0874. The number of methoxy groups -OCH3 is 1. The number of benzene rings is 3. The molecule has 0 heterocycles. The fourth-order valence-corrected chi connectivity index (χ4v) is 3.10.